The first-order valence-electron chi connectivity index (χ1n) is 13.4. The summed E-state index contributed by atoms with van der Waals surface area (Å²) in [5, 5.41) is 21.3. The van der Waals surface area contributed by atoms with Crippen molar-refractivity contribution in [1.82, 2.24) is 21.3 Å². The number of urea groups is 1. The van der Waals surface area contributed by atoms with Crippen LogP contribution in [0.15, 0.2) is 24.3 Å². The van der Waals surface area contributed by atoms with Crippen LogP contribution < -0.4 is 26.0 Å². The average molecular weight is 519 g/mol. The van der Waals surface area contributed by atoms with Crippen LogP contribution in [0, 0.1) is 11.8 Å². The number of fused-ring (bicyclic) bond motifs is 13. The zero-order chi connectivity index (χ0) is 26.6. The summed E-state index contributed by atoms with van der Waals surface area (Å²) in [7, 11) is 0. The molecule has 3 aliphatic rings. The first kappa shape index (κ1) is 28.7. The van der Waals surface area contributed by atoms with E-state index in [4.69, 9.17) is 9.47 Å². The van der Waals surface area contributed by atoms with Crippen LogP contribution in [0.2, 0.25) is 0 Å². The summed E-state index contributed by atoms with van der Waals surface area (Å²) in [5.41, 5.74) is 0.848. The van der Waals surface area contributed by atoms with Crippen molar-refractivity contribution in [2.45, 2.75) is 70.5 Å². The van der Waals surface area contributed by atoms with Crippen LogP contribution in [0.25, 0.3) is 0 Å². The molecular weight excluding hydrogens is 476 g/mol. The molecule has 1 saturated heterocycles. The van der Waals surface area contributed by atoms with Gasteiger partial charge in [0.1, 0.15) is 17.8 Å². The molecule has 206 valence electrons. The highest BCUT2D eigenvalue weighted by atomic mass is 16.5. The van der Waals surface area contributed by atoms with Crippen molar-refractivity contribution >= 4 is 17.9 Å². The fourth-order valence-electron chi connectivity index (χ4n) is 4.60. The largest absolute Gasteiger partial charge is 0.494 e. The van der Waals surface area contributed by atoms with Crippen molar-refractivity contribution < 1.29 is 29.0 Å². The molecule has 0 aromatic heterocycles. The van der Waals surface area contributed by atoms with E-state index in [0.717, 1.165) is 50.1 Å². The third-order valence-corrected chi connectivity index (χ3v) is 6.94. The van der Waals surface area contributed by atoms with E-state index in [2.05, 4.69) is 21.3 Å². The Labute approximate surface area is 219 Å². The van der Waals surface area contributed by atoms with Gasteiger partial charge in [0, 0.05) is 13.0 Å². The van der Waals surface area contributed by atoms with Gasteiger partial charge < -0.3 is 35.8 Å². The molecule has 1 aromatic rings. The number of carbonyl (C=O) groups is 3. The number of hydrogen-bond donors (Lipinski definition) is 5. The molecule has 1 unspecified atom stereocenters. The number of carbonyl (C=O) groups excluding carboxylic acids is 2. The summed E-state index contributed by atoms with van der Waals surface area (Å²) in [6, 6.07) is 4.62. The molecule has 0 spiro atoms. The van der Waals surface area contributed by atoms with Crippen molar-refractivity contribution in [2.24, 2.45) is 11.8 Å². The molecule has 0 saturated carbocycles. The lowest BCUT2D eigenvalue weighted by Gasteiger charge is -2.28. The Kier molecular flexibility index (Phi) is 11.5. The van der Waals surface area contributed by atoms with E-state index in [-0.39, 0.29) is 30.2 Å². The molecular formula is C27H42N4O6. The molecule has 4 atom stereocenters. The summed E-state index contributed by atoms with van der Waals surface area (Å²) in [6.45, 7) is 7.20. The molecule has 3 aliphatic heterocycles. The molecule has 0 radical (unpaired) electrons. The number of benzene rings is 1. The van der Waals surface area contributed by atoms with Gasteiger partial charge in [0.05, 0.1) is 19.3 Å². The summed E-state index contributed by atoms with van der Waals surface area (Å²) >= 11 is 0. The SMILES string of the molecule is CC(C)[C@H]1COCCCCOc2ccc(cc2)C[C@@H](NC(=O)N[C@@H](CC2CCCNC2)C(=O)O)C(=O)N1. The lowest BCUT2D eigenvalue weighted by molar-refractivity contribution is -0.139. The quantitative estimate of drug-likeness (QED) is 0.389. The Morgan fingerprint density at radius 2 is 1.89 bits per heavy atom. The summed E-state index contributed by atoms with van der Waals surface area (Å²) in [6.07, 6.45) is 4.20. The second kappa shape index (κ2) is 14.8. The summed E-state index contributed by atoms with van der Waals surface area (Å²) in [4.78, 5) is 38.1. The van der Waals surface area contributed by atoms with Crippen LogP contribution in [-0.2, 0) is 20.7 Å². The Balaban J connectivity index is 1.72. The molecule has 3 heterocycles. The van der Waals surface area contributed by atoms with Gasteiger partial charge in [-0.25, -0.2) is 9.59 Å². The van der Waals surface area contributed by atoms with Crippen molar-refractivity contribution in [2.75, 3.05) is 32.9 Å². The van der Waals surface area contributed by atoms with Gasteiger partial charge in [0.25, 0.3) is 0 Å². The Morgan fingerprint density at radius 1 is 1.14 bits per heavy atom. The van der Waals surface area contributed by atoms with E-state index in [1.54, 1.807) is 0 Å². The van der Waals surface area contributed by atoms with Gasteiger partial charge in [-0.05, 0) is 74.7 Å². The average Bonchev–Trinajstić information content (AvgIpc) is 2.87. The number of carboxylic acid groups (broad SMARTS) is 1. The minimum Gasteiger partial charge on any atom is -0.494 e. The van der Waals surface area contributed by atoms with Crippen LogP contribution >= 0.6 is 0 Å². The lowest BCUT2D eigenvalue weighted by atomic mass is 9.92. The minimum absolute atomic E-state index is 0.125. The zero-order valence-corrected chi connectivity index (χ0v) is 22.0. The fraction of sp³-hybridized carbons (Fsp3) is 0.667. The number of aliphatic carboxylic acids is 1. The van der Waals surface area contributed by atoms with Crippen LogP contribution in [0.1, 0.15) is 51.5 Å². The third-order valence-electron chi connectivity index (χ3n) is 6.94. The van der Waals surface area contributed by atoms with Gasteiger partial charge in [0.2, 0.25) is 5.91 Å². The number of ether oxygens (including phenoxy) is 2. The van der Waals surface area contributed by atoms with E-state index in [0.29, 0.717) is 26.2 Å². The smallest absolute Gasteiger partial charge is 0.326 e. The standard InChI is InChI=1S/C27H42N4O6/c1-18(2)24-17-36-12-3-4-13-37-21-9-7-19(8-10-21)14-22(25(32)29-24)30-27(35)31-23(26(33)34)15-20-6-5-11-28-16-20/h7-10,18,20,22-24,28H,3-6,11-17H2,1-2H3,(H,29,32)(H,33,34)(H2,30,31,35)/t20?,22-,23+,24-/m1/s1. The molecule has 0 aliphatic carbocycles. The predicted octanol–water partition coefficient (Wildman–Crippen LogP) is 2.07. The van der Waals surface area contributed by atoms with Gasteiger partial charge in [-0.15, -0.1) is 0 Å². The van der Waals surface area contributed by atoms with Crippen LogP contribution in [0.5, 0.6) is 5.75 Å². The second-order valence-electron chi connectivity index (χ2n) is 10.3. The van der Waals surface area contributed by atoms with Crippen molar-refractivity contribution in [3.63, 3.8) is 0 Å². The zero-order valence-electron chi connectivity index (χ0n) is 22.0. The number of piperidine rings is 1. The fourth-order valence-corrected chi connectivity index (χ4v) is 4.60. The molecule has 37 heavy (non-hydrogen) atoms. The number of hydrogen-bond acceptors (Lipinski definition) is 6. The number of rotatable bonds is 6. The van der Waals surface area contributed by atoms with Gasteiger partial charge in [0.15, 0.2) is 0 Å². The molecule has 5 N–H and O–H groups in total. The molecule has 10 nitrogen and oxygen atoms in total. The van der Waals surface area contributed by atoms with E-state index in [1.165, 1.54) is 0 Å². The first-order chi connectivity index (χ1) is 17.8. The Hall–Kier alpha value is -2.85. The summed E-state index contributed by atoms with van der Waals surface area (Å²) in [5.74, 6) is -0.386. The minimum atomic E-state index is -1.09. The lowest BCUT2D eigenvalue weighted by Crippen LogP contribution is -2.56. The first-order valence-corrected chi connectivity index (χ1v) is 13.4. The maximum absolute atomic E-state index is 13.3. The van der Waals surface area contributed by atoms with Gasteiger partial charge in [-0.1, -0.05) is 26.0 Å². The maximum Gasteiger partial charge on any atom is 0.326 e. The highest BCUT2D eigenvalue weighted by Crippen LogP contribution is 2.17. The van der Waals surface area contributed by atoms with Crippen molar-refractivity contribution in [1.29, 1.82) is 0 Å². The summed E-state index contributed by atoms with van der Waals surface area (Å²) < 4.78 is 11.6. The Morgan fingerprint density at radius 3 is 2.57 bits per heavy atom. The molecule has 10 heteroatoms. The second-order valence-corrected chi connectivity index (χ2v) is 10.3. The topological polar surface area (TPSA) is 138 Å². The van der Waals surface area contributed by atoms with Crippen LogP contribution in [0.4, 0.5) is 4.79 Å². The third kappa shape index (κ3) is 9.85. The van der Waals surface area contributed by atoms with E-state index in [1.807, 2.05) is 38.1 Å². The van der Waals surface area contributed by atoms with Crippen molar-refractivity contribution in [3.8, 4) is 5.75 Å². The van der Waals surface area contributed by atoms with Gasteiger partial charge in [-0.2, -0.15) is 0 Å². The number of nitrogens with one attached hydrogen (secondary N) is 4. The van der Waals surface area contributed by atoms with E-state index < -0.39 is 24.1 Å². The molecule has 2 bridgehead atoms. The highest BCUT2D eigenvalue weighted by Gasteiger charge is 2.29. The molecule has 3 amide bonds. The predicted molar refractivity (Wildman–Crippen MR) is 140 cm³/mol. The van der Waals surface area contributed by atoms with Gasteiger partial charge >= 0.3 is 12.0 Å². The molecule has 4 rings (SSSR count). The Bertz CT molecular complexity index is 872. The number of carboxylic acids is 1. The molecule has 1 aromatic carbocycles. The van der Waals surface area contributed by atoms with E-state index in [9.17, 15) is 19.5 Å². The monoisotopic (exact) mass is 518 g/mol. The highest BCUT2D eigenvalue weighted by molar-refractivity contribution is 5.89. The number of amides is 3. The molecule has 1 fully saturated rings. The maximum atomic E-state index is 13.3. The van der Waals surface area contributed by atoms with Gasteiger partial charge in [-0.3, -0.25) is 4.79 Å². The van der Waals surface area contributed by atoms with Crippen LogP contribution in [0.3, 0.4) is 0 Å². The van der Waals surface area contributed by atoms with E-state index >= 15 is 0 Å². The normalized spacial score (nSPS) is 24.5. The van der Waals surface area contributed by atoms with Crippen molar-refractivity contribution in [3.05, 3.63) is 29.8 Å². The van der Waals surface area contributed by atoms with Crippen LogP contribution in [-0.4, -0.2) is 74.0 Å².